The first-order chi connectivity index (χ1) is 6.93. The lowest BCUT2D eigenvalue weighted by atomic mass is 9.95. The van der Waals surface area contributed by atoms with Gasteiger partial charge in [-0.3, -0.25) is 9.59 Å². The number of nitrogens with zero attached hydrogens (tertiary/aromatic N) is 1. The highest BCUT2D eigenvalue weighted by Crippen LogP contribution is 2.24. The fourth-order valence-corrected chi connectivity index (χ4v) is 1.62. The number of imide groups is 1. The molecule has 1 aliphatic rings. The molecule has 1 N–H and O–H groups in total. The van der Waals surface area contributed by atoms with Crippen molar-refractivity contribution in [1.29, 1.82) is 0 Å². The van der Waals surface area contributed by atoms with Gasteiger partial charge in [-0.2, -0.15) is 0 Å². The van der Waals surface area contributed by atoms with Crippen molar-refractivity contribution in [3.63, 3.8) is 0 Å². The molecular weight excluding hydrogens is 192 g/mol. The summed E-state index contributed by atoms with van der Waals surface area (Å²) in [6.45, 7) is 8.68. The van der Waals surface area contributed by atoms with Crippen LogP contribution in [0.1, 0.15) is 34.1 Å². The normalized spacial score (nSPS) is 22.3. The van der Waals surface area contributed by atoms with Crippen LogP contribution in [0, 0.1) is 17.8 Å². The number of carbonyl (C=O) groups is 2. The number of amides is 2. The van der Waals surface area contributed by atoms with Gasteiger partial charge in [0.2, 0.25) is 11.8 Å². The molecule has 0 radical (unpaired) electrons. The number of hydrogen-bond donors (Lipinski definition) is 1. The van der Waals surface area contributed by atoms with E-state index in [9.17, 15) is 9.59 Å². The predicted octanol–water partition coefficient (Wildman–Crippen LogP) is 1.18. The molecular formula is C11H20N2O2. The van der Waals surface area contributed by atoms with Gasteiger partial charge in [0.1, 0.15) is 0 Å². The Morgan fingerprint density at radius 3 is 2.33 bits per heavy atom. The minimum absolute atomic E-state index is 0.0735. The van der Waals surface area contributed by atoms with Crippen molar-refractivity contribution in [2.24, 2.45) is 17.8 Å². The maximum absolute atomic E-state index is 11.8. The molecule has 0 aliphatic carbocycles. The Morgan fingerprint density at radius 2 is 1.93 bits per heavy atom. The third-order valence-corrected chi connectivity index (χ3v) is 2.64. The second kappa shape index (κ2) is 4.75. The first-order valence-electron chi connectivity index (χ1n) is 5.53. The number of rotatable bonds is 4. The fraction of sp³-hybridized carbons (Fsp3) is 0.818. The van der Waals surface area contributed by atoms with Gasteiger partial charge in [-0.25, -0.2) is 10.4 Å². The molecule has 0 aromatic heterocycles. The van der Waals surface area contributed by atoms with Crippen LogP contribution in [-0.4, -0.2) is 23.4 Å². The van der Waals surface area contributed by atoms with Crippen LogP contribution in [0.3, 0.4) is 0 Å². The summed E-state index contributed by atoms with van der Waals surface area (Å²) in [6, 6.07) is 0. The summed E-state index contributed by atoms with van der Waals surface area (Å²) in [4.78, 5) is 23.4. The Labute approximate surface area is 91.0 Å². The smallest absolute Gasteiger partial charge is 0.247 e. The van der Waals surface area contributed by atoms with Crippen LogP contribution in [-0.2, 0) is 9.59 Å². The maximum Gasteiger partial charge on any atom is 0.247 e. The molecule has 0 saturated carbocycles. The van der Waals surface area contributed by atoms with E-state index in [0.29, 0.717) is 18.9 Å². The molecule has 0 aromatic rings. The number of nitrogens with one attached hydrogen (secondary N) is 1. The fourth-order valence-electron chi connectivity index (χ4n) is 1.62. The average Bonchev–Trinajstić information content (AvgIpc) is 2.39. The molecule has 1 atom stereocenters. The SMILES string of the molecule is CC(C)CNN1C(=O)CC(C(C)C)C1=O. The molecule has 4 nitrogen and oxygen atoms in total. The van der Waals surface area contributed by atoms with Crippen LogP contribution >= 0.6 is 0 Å². The highest BCUT2D eigenvalue weighted by atomic mass is 16.2. The molecule has 0 spiro atoms. The van der Waals surface area contributed by atoms with Crippen molar-refractivity contribution in [1.82, 2.24) is 10.4 Å². The largest absolute Gasteiger partial charge is 0.273 e. The molecule has 1 fully saturated rings. The van der Waals surface area contributed by atoms with E-state index >= 15 is 0 Å². The summed E-state index contributed by atoms with van der Waals surface area (Å²) in [5, 5.41) is 1.20. The second-order valence-electron chi connectivity index (χ2n) is 4.88. The van der Waals surface area contributed by atoms with E-state index in [4.69, 9.17) is 0 Å². The lowest BCUT2D eigenvalue weighted by molar-refractivity contribution is -0.143. The van der Waals surface area contributed by atoms with E-state index in [1.54, 1.807) is 0 Å². The summed E-state index contributed by atoms with van der Waals surface area (Å²) in [6.07, 6.45) is 0.349. The molecule has 0 bridgehead atoms. The van der Waals surface area contributed by atoms with Gasteiger partial charge in [-0.05, 0) is 11.8 Å². The molecule has 1 rings (SSSR count). The molecule has 1 saturated heterocycles. The van der Waals surface area contributed by atoms with Crippen molar-refractivity contribution >= 4 is 11.8 Å². The van der Waals surface area contributed by atoms with Gasteiger partial charge >= 0.3 is 0 Å². The van der Waals surface area contributed by atoms with Crippen LogP contribution in [0.15, 0.2) is 0 Å². The van der Waals surface area contributed by atoms with Crippen molar-refractivity contribution in [2.75, 3.05) is 6.54 Å². The van der Waals surface area contributed by atoms with E-state index in [1.807, 2.05) is 27.7 Å². The van der Waals surface area contributed by atoms with E-state index < -0.39 is 0 Å². The molecule has 2 amide bonds. The van der Waals surface area contributed by atoms with Gasteiger partial charge in [0.15, 0.2) is 0 Å². The first kappa shape index (κ1) is 12.2. The van der Waals surface area contributed by atoms with Crippen LogP contribution < -0.4 is 5.43 Å². The third kappa shape index (κ3) is 2.78. The van der Waals surface area contributed by atoms with E-state index in [2.05, 4.69) is 5.43 Å². The minimum atomic E-state index is -0.142. The van der Waals surface area contributed by atoms with Crippen molar-refractivity contribution in [3.8, 4) is 0 Å². The predicted molar refractivity (Wildman–Crippen MR) is 57.6 cm³/mol. The Kier molecular flexibility index (Phi) is 3.85. The summed E-state index contributed by atoms with van der Waals surface area (Å²) < 4.78 is 0. The molecule has 15 heavy (non-hydrogen) atoms. The minimum Gasteiger partial charge on any atom is -0.273 e. The lowest BCUT2D eigenvalue weighted by Crippen LogP contribution is -2.44. The molecule has 1 heterocycles. The topological polar surface area (TPSA) is 49.4 Å². The Morgan fingerprint density at radius 1 is 1.33 bits per heavy atom. The standard InChI is InChI=1S/C11H20N2O2/c1-7(2)6-12-13-10(14)5-9(8(3)4)11(13)15/h7-9,12H,5-6H2,1-4H3. The first-order valence-corrected chi connectivity index (χ1v) is 5.53. The summed E-state index contributed by atoms with van der Waals surface area (Å²) in [7, 11) is 0. The van der Waals surface area contributed by atoms with E-state index in [1.165, 1.54) is 5.01 Å². The zero-order chi connectivity index (χ0) is 11.6. The third-order valence-electron chi connectivity index (χ3n) is 2.64. The molecule has 1 aliphatic heterocycles. The van der Waals surface area contributed by atoms with Gasteiger partial charge in [0.05, 0.1) is 5.92 Å². The number of hydrogen-bond acceptors (Lipinski definition) is 3. The summed E-state index contributed by atoms with van der Waals surface area (Å²) >= 11 is 0. The molecule has 1 unspecified atom stereocenters. The van der Waals surface area contributed by atoms with Crippen LogP contribution in [0.4, 0.5) is 0 Å². The molecule has 86 valence electrons. The van der Waals surface area contributed by atoms with Gasteiger partial charge in [0, 0.05) is 13.0 Å². The van der Waals surface area contributed by atoms with Gasteiger partial charge in [0.25, 0.3) is 0 Å². The van der Waals surface area contributed by atoms with Crippen LogP contribution in [0.2, 0.25) is 0 Å². The highest BCUT2D eigenvalue weighted by molar-refractivity contribution is 6.03. The van der Waals surface area contributed by atoms with Gasteiger partial charge in [-0.1, -0.05) is 27.7 Å². The van der Waals surface area contributed by atoms with Gasteiger partial charge in [-0.15, -0.1) is 0 Å². The van der Waals surface area contributed by atoms with Crippen molar-refractivity contribution < 1.29 is 9.59 Å². The summed E-state index contributed by atoms with van der Waals surface area (Å²) in [5.41, 5.74) is 2.90. The monoisotopic (exact) mass is 212 g/mol. The number of carbonyl (C=O) groups excluding carboxylic acids is 2. The molecule has 4 heteroatoms. The van der Waals surface area contributed by atoms with E-state index in [-0.39, 0.29) is 23.7 Å². The quantitative estimate of drug-likeness (QED) is 0.712. The molecule has 0 aromatic carbocycles. The van der Waals surface area contributed by atoms with Gasteiger partial charge < -0.3 is 0 Å². The lowest BCUT2D eigenvalue weighted by Gasteiger charge is -2.18. The summed E-state index contributed by atoms with van der Waals surface area (Å²) in [5.74, 6) is 0.336. The Balaban J connectivity index is 2.59. The Bertz CT molecular complexity index is 261. The van der Waals surface area contributed by atoms with Crippen molar-refractivity contribution in [2.45, 2.75) is 34.1 Å². The zero-order valence-corrected chi connectivity index (χ0v) is 9.91. The maximum atomic E-state index is 11.8. The van der Waals surface area contributed by atoms with Crippen molar-refractivity contribution in [3.05, 3.63) is 0 Å². The Hall–Kier alpha value is -0.900. The van der Waals surface area contributed by atoms with Crippen LogP contribution in [0.25, 0.3) is 0 Å². The second-order valence-corrected chi connectivity index (χ2v) is 4.88. The van der Waals surface area contributed by atoms with Crippen LogP contribution in [0.5, 0.6) is 0 Å². The van der Waals surface area contributed by atoms with E-state index in [0.717, 1.165) is 0 Å². The average molecular weight is 212 g/mol. The zero-order valence-electron chi connectivity index (χ0n) is 9.91. The highest BCUT2D eigenvalue weighted by Gasteiger charge is 2.40. The number of hydrazine groups is 1.